The van der Waals surface area contributed by atoms with E-state index in [0.29, 0.717) is 23.7 Å². The Balaban J connectivity index is 1.30. The van der Waals surface area contributed by atoms with Gasteiger partial charge in [-0.05, 0) is 43.5 Å². The number of aromatic nitrogens is 1. The van der Waals surface area contributed by atoms with Crippen molar-refractivity contribution in [3.05, 3.63) is 64.6 Å². The van der Waals surface area contributed by atoms with Gasteiger partial charge in [0, 0.05) is 48.4 Å². The molecule has 14 heteroatoms. The van der Waals surface area contributed by atoms with Gasteiger partial charge in [-0.2, -0.15) is 0 Å². The van der Waals surface area contributed by atoms with Gasteiger partial charge in [0.05, 0.1) is 29.2 Å². The Kier molecular flexibility index (Phi) is 8.54. The van der Waals surface area contributed by atoms with Crippen LogP contribution in [0.25, 0.3) is 10.9 Å². The van der Waals surface area contributed by atoms with Crippen LogP contribution in [0.1, 0.15) is 41.6 Å². The van der Waals surface area contributed by atoms with Gasteiger partial charge in [0.25, 0.3) is 11.8 Å². The summed E-state index contributed by atoms with van der Waals surface area (Å²) in [5.74, 6) is -5.20. The molecule has 0 bridgehead atoms. The Bertz CT molecular complexity index is 1590. The maximum Gasteiger partial charge on any atom is 0.322 e. The first-order valence-electron chi connectivity index (χ1n) is 13.8. The van der Waals surface area contributed by atoms with Gasteiger partial charge in [-0.15, -0.1) is 0 Å². The number of piperidine rings is 1. The number of benzene rings is 2. The van der Waals surface area contributed by atoms with E-state index in [-0.39, 0.29) is 66.9 Å². The third kappa shape index (κ3) is 7.04. The van der Waals surface area contributed by atoms with Crippen molar-refractivity contribution in [3.63, 3.8) is 0 Å². The first kappa shape index (κ1) is 30.2. The van der Waals surface area contributed by atoms with Gasteiger partial charge in [0.1, 0.15) is 12.4 Å². The maximum atomic E-state index is 14.2. The lowest BCUT2D eigenvalue weighted by Crippen LogP contribution is -2.47. The second kappa shape index (κ2) is 12.2. The highest BCUT2D eigenvalue weighted by molar-refractivity contribution is 6.30. The molecule has 1 aliphatic heterocycles. The average molecular weight is 619 g/mol. The highest BCUT2D eigenvalue weighted by Gasteiger charge is 2.37. The molecule has 43 heavy (non-hydrogen) atoms. The van der Waals surface area contributed by atoms with Gasteiger partial charge in [0.2, 0.25) is 11.8 Å². The number of rotatable bonds is 9. The number of fused-ring (bicyclic) bond motifs is 1. The highest BCUT2D eigenvalue weighted by Crippen LogP contribution is 2.30. The number of nitrogens with two attached hydrogens (primary N) is 1. The summed E-state index contributed by atoms with van der Waals surface area (Å²) in [7, 11) is 0. The predicted octanol–water partition coefficient (Wildman–Crippen LogP) is 4.10. The maximum absolute atomic E-state index is 14.2. The monoisotopic (exact) mass is 618 g/mol. The molecule has 2 aliphatic rings. The Morgan fingerprint density at radius 3 is 2.60 bits per heavy atom. The van der Waals surface area contributed by atoms with Crippen molar-refractivity contribution < 1.29 is 32.3 Å². The zero-order valence-corrected chi connectivity index (χ0v) is 23.8. The number of nitrogens with one attached hydrogen (secondary N) is 2. The van der Waals surface area contributed by atoms with Crippen LogP contribution < -0.4 is 16.4 Å². The number of alkyl halides is 2. The molecule has 0 radical (unpaired) electrons. The third-order valence-electron chi connectivity index (χ3n) is 7.51. The van der Waals surface area contributed by atoms with Crippen molar-refractivity contribution in [1.29, 1.82) is 0 Å². The van der Waals surface area contributed by atoms with E-state index in [4.69, 9.17) is 17.3 Å². The first-order chi connectivity index (χ1) is 20.4. The number of hydrogen-bond donors (Lipinski definition) is 3. The molecule has 3 aromatic rings. The molecule has 0 unspecified atom stereocenters. The normalized spacial score (nSPS) is 16.1. The van der Waals surface area contributed by atoms with Crippen LogP contribution in [0, 0.1) is 5.82 Å². The standard InChI is InChI=1S/C29H30ClF3N6O4/c30-22-4-1-3-17(26(22)31)12-35-24(40)14-39(19-6-7-19)25(41)15-38-13-21(27(34)42)20-8-5-18(11-23(20)38)36-28(43)37-10-2-9-29(32,33)16-37/h1,3-5,8,11,13,19H,2,6-7,9-10,12,14-16H2,(H2,34,42)(H,35,40)(H,36,43). The van der Waals surface area contributed by atoms with Crippen molar-refractivity contribution in [2.24, 2.45) is 5.73 Å². The number of primary amides is 1. The van der Waals surface area contributed by atoms with E-state index in [0.717, 1.165) is 4.90 Å². The number of carbonyl (C=O) groups is 4. The Morgan fingerprint density at radius 1 is 1.14 bits per heavy atom. The van der Waals surface area contributed by atoms with Gasteiger partial charge < -0.3 is 30.7 Å². The lowest BCUT2D eigenvalue weighted by molar-refractivity contribution is -0.137. The molecule has 2 aromatic carbocycles. The summed E-state index contributed by atoms with van der Waals surface area (Å²) in [5.41, 5.74) is 6.61. The summed E-state index contributed by atoms with van der Waals surface area (Å²) in [4.78, 5) is 53.5. The molecule has 4 N–H and O–H groups in total. The fourth-order valence-corrected chi connectivity index (χ4v) is 5.37. The summed E-state index contributed by atoms with van der Waals surface area (Å²) in [6.07, 6.45) is 2.76. The molecule has 1 saturated heterocycles. The van der Waals surface area contributed by atoms with E-state index < -0.39 is 42.0 Å². The molecule has 0 spiro atoms. The molecule has 1 aromatic heterocycles. The van der Waals surface area contributed by atoms with Crippen LogP contribution in [-0.2, 0) is 22.7 Å². The van der Waals surface area contributed by atoms with Gasteiger partial charge in [0.15, 0.2) is 0 Å². The summed E-state index contributed by atoms with van der Waals surface area (Å²) in [6.45, 7) is -1.09. The SMILES string of the molecule is NC(=O)c1cn(CC(=O)N(CC(=O)NCc2cccc(Cl)c2F)C2CC2)c2cc(NC(=O)N3CCCC(F)(F)C3)ccc12. The smallest absolute Gasteiger partial charge is 0.322 e. The van der Waals surface area contributed by atoms with Crippen molar-refractivity contribution in [2.75, 3.05) is 25.0 Å². The fourth-order valence-electron chi connectivity index (χ4n) is 5.17. The molecular formula is C29H30ClF3N6O4. The lowest BCUT2D eigenvalue weighted by atomic mass is 10.1. The van der Waals surface area contributed by atoms with Crippen LogP contribution in [0.5, 0.6) is 0 Å². The number of hydrogen-bond acceptors (Lipinski definition) is 4. The van der Waals surface area contributed by atoms with Crippen LogP contribution in [0.15, 0.2) is 42.6 Å². The molecule has 5 rings (SSSR count). The number of nitrogens with zero attached hydrogens (tertiary/aromatic N) is 3. The van der Waals surface area contributed by atoms with Crippen LogP contribution >= 0.6 is 11.6 Å². The van der Waals surface area contributed by atoms with Crippen molar-refractivity contribution in [3.8, 4) is 0 Å². The number of likely N-dealkylation sites (tertiary alicyclic amines) is 1. The molecule has 0 atom stereocenters. The molecule has 2 heterocycles. The summed E-state index contributed by atoms with van der Waals surface area (Å²) in [6, 6.07) is 8.24. The largest absolute Gasteiger partial charge is 0.366 e. The highest BCUT2D eigenvalue weighted by atomic mass is 35.5. The van der Waals surface area contributed by atoms with Gasteiger partial charge in [-0.1, -0.05) is 23.7 Å². The van der Waals surface area contributed by atoms with Crippen LogP contribution in [0.3, 0.4) is 0 Å². The van der Waals surface area contributed by atoms with Crippen LogP contribution in [0.4, 0.5) is 23.7 Å². The van der Waals surface area contributed by atoms with E-state index in [1.54, 1.807) is 12.1 Å². The van der Waals surface area contributed by atoms with Gasteiger partial charge in [-0.3, -0.25) is 14.4 Å². The third-order valence-corrected chi connectivity index (χ3v) is 7.81. The number of urea groups is 1. The second-order valence-corrected chi connectivity index (χ2v) is 11.2. The molecule has 1 aliphatic carbocycles. The summed E-state index contributed by atoms with van der Waals surface area (Å²) >= 11 is 5.80. The fraction of sp³-hybridized carbons (Fsp3) is 0.379. The average Bonchev–Trinajstić information content (AvgIpc) is 3.73. The van der Waals surface area contributed by atoms with Crippen molar-refractivity contribution in [1.82, 2.24) is 19.7 Å². The minimum atomic E-state index is -2.96. The lowest BCUT2D eigenvalue weighted by Gasteiger charge is -2.32. The number of amides is 5. The minimum Gasteiger partial charge on any atom is -0.366 e. The van der Waals surface area contributed by atoms with Gasteiger partial charge in [-0.25, -0.2) is 18.0 Å². The molecule has 5 amide bonds. The zero-order chi connectivity index (χ0) is 30.9. The summed E-state index contributed by atoms with van der Waals surface area (Å²) in [5, 5.41) is 5.60. The molecule has 10 nitrogen and oxygen atoms in total. The first-order valence-corrected chi connectivity index (χ1v) is 14.1. The van der Waals surface area contributed by atoms with Crippen LogP contribution in [0.2, 0.25) is 5.02 Å². The Labute approximate surface area is 249 Å². The number of anilines is 1. The second-order valence-electron chi connectivity index (χ2n) is 10.8. The van der Waals surface area contributed by atoms with Crippen LogP contribution in [-0.4, -0.2) is 69.7 Å². The topological polar surface area (TPSA) is 130 Å². The van der Waals surface area contributed by atoms with E-state index in [9.17, 15) is 32.3 Å². The molecule has 228 valence electrons. The quantitative estimate of drug-likeness (QED) is 0.333. The van der Waals surface area contributed by atoms with E-state index in [1.807, 2.05) is 0 Å². The van der Waals surface area contributed by atoms with Gasteiger partial charge >= 0.3 is 6.03 Å². The predicted molar refractivity (Wildman–Crippen MR) is 153 cm³/mol. The number of halogens is 4. The Hall–Kier alpha value is -4.26. The van der Waals surface area contributed by atoms with E-state index in [1.165, 1.54) is 39.9 Å². The minimum absolute atomic E-state index is 0.0634. The van der Waals surface area contributed by atoms with Crippen molar-refractivity contribution in [2.45, 2.75) is 50.7 Å². The molecule has 1 saturated carbocycles. The zero-order valence-electron chi connectivity index (χ0n) is 23.0. The van der Waals surface area contributed by atoms with Crippen molar-refractivity contribution >= 4 is 51.9 Å². The molecule has 2 fully saturated rings. The van der Waals surface area contributed by atoms with E-state index in [2.05, 4.69) is 10.6 Å². The Morgan fingerprint density at radius 2 is 1.91 bits per heavy atom. The number of carbonyl (C=O) groups excluding carboxylic acids is 4. The van der Waals surface area contributed by atoms with E-state index >= 15 is 0 Å². The summed E-state index contributed by atoms with van der Waals surface area (Å²) < 4.78 is 43.3. The molecular weight excluding hydrogens is 589 g/mol.